The summed E-state index contributed by atoms with van der Waals surface area (Å²) in [6.45, 7) is 7.45. The Morgan fingerprint density at radius 2 is 1.76 bits per heavy atom. The zero-order chi connectivity index (χ0) is 16.4. The number of hydrogen-bond acceptors (Lipinski definition) is 4. The van der Waals surface area contributed by atoms with Gasteiger partial charge in [-0.2, -0.15) is 0 Å². The van der Waals surface area contributed by atoms with Crippen molar-refractivity contribution < 1.29 is 24.2 Å². The second-order valence-corrected chi connectivity index (χ2v) is 5.38. The fraction of sp³-hybridized carbons (Fsp3) is 0.786. The molecule has 7 nitrogen and oxygen atoms in total. The van der Waals surface area contributed by atoms with E-state index in [1.165, 1.54) is 6.92 Å². The highest BCUT2D eigenvalue weighted by molar-refractivity contribution is 5.89. The fourth-order valence-corrected chi connectivity index (χ4v) is 1.57. The Kier molecular flexibility index (Phi) is 9.16. The molecule has 0 aromatic carbocycles. The van der Waals surface area contributed by atoms with Gasteiger partial charge >= 0.3 is 12.1 Å². The molecule has 0 spiro atoms. The maximum atomic E-state index is 12.0. The molecule has 3 N–H and O–H groups in total. The van der Waals surface area contributed by atoms with E-state index in [0.717, 1.165) is 12.8 Å². The number of carboxylic acid groups (broad SMARTS) is 1. The molecule has 0 heterocycles. The number of nitrogens with one attached hydrogen (secondary N) is 2. The van der Waals surface area contributed by atoms with Crippen LogP contribution in [0.15, 0.2) is 0 Å². The Balaban J connectivity index is 4.53. The van der Waals surface area contributed by atoms with Crippen LogP contribution in [0.25, 0.3) is 0 Å². The molecule has 0 aromatic rings. The number of carboxylic acids is 1. The van der Waals surface area contributed by atoms with E-state index in [1.807, 2.05) is 20.8 Å². The summed E-state index contributed by atoms with van der Waals surface area (Å²) < 4.78 is 4.95. The Morgan fingerprint density at radius 3 is 2.24 bits per heavy atom. The van der Waals surface area contributed by atoms with E-state index in [2.05, 4.69) is 10.6 Å². The Hall–Kier alpha value is -1.79. The van der Waals surface area contributed by atoms with Gasteiger partial charge in [-0.3, -0.25) is 9.59 Å². The molecule has 2 amide bonds. The first-order valence-corrected chi connectivity index (χ1v) is 7.24. The molecule has 2 unspecified atom stereocenters. The summed E-state index contributed by atoms with van der Waals surface area (Å²) in [6, 6.07) is -1.81. The summed E-state index contributed by atoms with van der Waals surface area (Å²) in [7, 11) is 0. The van der Waals surface area contributed by atoms with Gasteiger partial charge in [0.05, 0.1) is 6.61 Å². The van der Waals surface area contributed by atoms with E-state index in [4.69, 9.17) is 9.84 Å². The summed E-state index contributed by atoms with van der Waals surface area (Å²) in [5.41, 5.74) is 0. The van der Waals surface area contributed by atoms with Gasteiger partial charge in [0, 0.05) is 0 Å². The van der Waals surface area contributed by atoms with Crippen LogP contribution < -0.4 is 10.6 Å². The molecule has 122 valence electrons. The van der Waals surface area contributed by atoms with Crippen molar-refractivity contribution in [3.05, 3.63) is 0 Å². The highest BCUT2D eigenvalue weighted by Crippen LogP contribution is 2.06. The second kappa shape index (κ2) is 10.0. The third-order valence-electron chi connectivity index (χ3n) is 2.78. The summed E-state index contributed by atoms with van der Waals surface area (Å²) in [5, 5.41) is 13.6. The third kappa shape index (κ3) is 8.88. The minimum absolute atomic E-state index is 0.164. The first-order chi connectivity index (χ1) is 9.77. The predicted molar refractivity (Wildman–Crippen MR) is 77.9 cm³/mol. The van der Waals surface area contributed by atoms with Crippen molar-refractivity contribution in [2.75, 3.05) is 6.61 Å². The minimum Gasteiger partial charge on any atom is -0.480 e. The quantitative estimate of drug-likeness (QED) is 0.560. The van der Waals surface area contributed by atoms with Crippen LogP contribution in [0.4, 0.5) is 4.79 Å². The molecule has 0 bridgehead atoms. The molecule has 0 radical (unpaired) electrons. The van der Waals surface area contributed by atoms with Crippen LogP contribution in [0.2, 0.25) is 0 Å². The number of rotatable bonds is 9. The van der Waals surface area contributed by atoms with E-state index < -0.39 is 30.1 Å². The first-order valence-electron chi connectivity index (χ1n) is 7.24. The first kappa shape index (κ1) is 19.2. The van der Waals surface area contributed by atoms with Gasteiger partial charge in [-0.05, 0) is 25.7 Å². The van der Waals surface area contributed by atoms with Gasteiger partial charge < -0.3 is 20.5 Å². The van der Waals surface area contributed by atoms with Gasteiger partial charge in [0.1, 0.15) is 12.1 Å². The van der Waals surface area contributed by atoms with Crippen LogP contribution >= 0.6 is 0 Å². The van der Waals surface area contributed by atoms with Gasteiger partial charge in [-0.1, -0.05) is 27.2 Å². The molecular formula is C14H26N2O5. The molecule has 7 heteroatoms. The zero-order valence-corrected chi connectivity index (χ0v) is 13.1. The van der Waals surface area contributed by atoms with Crippen molar-refractivity contribution in [1.29, 1.82) is 0 Å². The molecule has 21 heavy (non-hydrogen) atoms. The molecule has 2 atom stereocenters. The Labute approximate surface area is 125 Å². The highest BCUT2D eigenvalue weighted by Gasteiger charge is 2.25. The lowest BCUT2D eigenvalue weighted by Gasteiger charge is -2.21. The SMILES string of the molecule is CCCCOC(=O)NC(CC(C)C)C(=O)NC(C)C(=O)O. The van der Waals surface area contributed by atoms with E-state index >= 15 is 0 Å². The van der Waals surface area contributed by atoms with Crippen molar-refractivity contribution in [3.63, 3.8) is 0 Å². The fourth-order valence-electron chi connectivity index (χ4n) is 1.57. The van der Waals surface area contributed by atoms with Gasteiger partial charge in [0.15, 0.2) is 0 Å². The third-order valence-corrected chi connectivity index (χ3v) is 2.78. The van der Waals surface area contributed by atoms with Gasteiger partial charge in [-0.15, -0.1) is 0 Å². The number of aliphatic carboxylic acids is 1. The van der Waals surface area contributed by atoms with Crippen LogP contribution in [-0.2, 0) is 14.3 Å². The maximum absolute atomic E-state index is 12.0. The lowest BCUT2D eigenvalue weighted by atomic mass is 10.0. The van der Waals surface area contributed by atoms with E-state index in [0.29, 0.717) is 13.0 Å². The standard InChI is InChI=1S/C14H26N2O5/c1-5-6-7-21-14(20)16-11(8-9(2)3)12(17)15-10(4)13(18)19/h9-11H,5-8H2,1-4H3,(H,15,17)(H,16,20)(H,18,19). The summed E-state index contributed by atoms with van der Waals surface area (Å²) in [5.74, 6) is -1.49. The second-order valence-electron chi connectivity index (χ2n) is 5.38. The number of carbonyl (C=O) groups is 3. The Bertz CT molecular complexity index is 357. The summed E-state index contributed by atoms with van der Waals surface area (Å²) >= 11 is 0. The molecule has 0 saturated heterocycles. The lowest BCUT2D eigenvalue weighted by molar-refractivity contribution is -0.141. The van der Waals surface area contributed by atoms with Gasteiger partial charge in [0.25, 0.3) is 0 Å². The number of hydrogen-bond donors (Lipinski definition) is 3. The number of amides is 2. The van der Waals surface area contributed by atoms with E-state index in [9.17, 15) is 14.4 Å². The van der Waals surface area contributed by atoms with Crippen LogP contribution in [0, 0.1) is 5.92 Å². The van der Waals surface area contributed by atoms with Crippen LogP contribution in [-0.4, -0.2) is 41.8 Å². The minimum atomic E-state index is -1.13. The predicted octanol–water partition coefficient (Wildman–Crippen LogP) is 1.52. The van der Waals surface area contributed by atoms with Crippen molar-refractivity contribution in [2.24, 2.45) is 5.92 Å². The average Bonchev–Trinajstić information content (AvgIpc) is 2.37. The van der Waals surface area contributed by atoms with Crippen molar-refractivity contribution in [1.82, 2.24) is 10.6 Å². The van der Waals surface area contributed by atoms with Crippen molar-refractivity contribution >= 4 is 18.0 Å². The normalized spacial score (nSPS) is 13.4. The average molecular weight is 302 g/mol. The largest absolute Gasteiger partial charge is 0.480 e. The smallest absolute Gasteiger partial charge is 0.407 e. The van der Waals surface area contributed by atoms with E-state index in [1.54, 1.807) is 0 Å². The van der Waals surface area contributed by atoms with Crippen LogP contribution in [0.1, 0.15) is 47.0 Å². The molecule has 0 saturated carbocycles. The van der Waals surface area contributed by atoms with Gasteiger partial charge in [0.2, 0.25) is 5.91 Å². The summed E-state index contributed by atoms with van der Waals surface area (Å²) in [6.07, 6.45) is 1.40. The summed E-state index contributed by atoms with van der Waals surface area (Å²) in [4.78, 5) is 34.4. The topological polar surface area (TPSA) is 105 Å². The molecule has 0 aliphatic rings. The zero-order valence-electron chi connectivity index (χ0n) is 13.1. The number of alkyl carbamates (subject to hydrolysis) is 1. The molecule has 0 rings (SSSR count). The molecule has 0 aliphatic heterocycles. The Morgan fingerprint density at radius 1 is 1.14 bits per heavy atom. The lowest BCUT2D eigenvalue weighted by Crippen LogP contribution is -2.51. The maximum Gasteiger partial charge on any atom is 0.407 e. The molecule has 0 aliphatic carbocycles. The van der Waals surface area contributed by atoms with Gasteiger partial charge in [-0.25, -0.2) is 4.79 Å². The molecular weight excluding hydrogens is 276 g/mol. The van der Waals surface area contributed by atoms with Crippen molar-refractivity contribution in [3.8, 4) is 0 Å². The van der Waals surface area contributed by atoms with Crippen LogP contribution in [0.5, 0.6) is 0 Å². The van der Waals surface area contributed by atoms with Crippen molar-refractivity contribution in [2.45, 2.75) is 59.0 Å². The van der Waals surface area contributed by atoms with E-state index in [-0.39, 0.29) is 5.92 Å². The number of unbranched alkanes of at least 4 members (excludes halogenated alkanes) is 1. The monoisotopic (exact) mass is 302 g/mol. The molecule has 0 aromatic heterocycles. The van der Waals surface area contributed by atoms with Crippen LogP contribution in [0.3, 0.4) is 0 Å². The molecule has 0 fully saturated rings. The number of ether oxygens (including phenoxy) is 1. The number of carbonyl (C=O) groups excluding carboxylic acids is 2. The highest BCUT2D eigenvalue weighted by atomic mass is 16.5.